The first-order chi connectivity index (χ1) is 10.2. The van der Waals surface area contributed by atoms with Crippen LogP contribution in [0.4, 0.5) is 0 Å². The average Bonchev–Trinajstić information content (AvgIpc) is 2.77. The lowest BCUT2D eigenvalue weighted by atomic mass is 9.71. The Morgan fingerprint density at radius 3 is 2.55 bits per heavy atom. The lowest BCUT2D eigenvalue weighted by Crippen LogP contribution is -2.29. The molecular formula is C20H32O2. The van der Waals surface area contributed by atoms with Crippen molar-refractivity contribution < 1.29 is 10.2 Å². The zero-order valence-corrected chi connectivity index (χ0v) is 14.7. The number of rotatable bonds is 0. The van der Waals surface area contributed by atoms with E-state index in [2.05, 4.69) is 27.4 Å². The van der Waals surface area contributed by atoms with Crippen molar-refractivity contribution in [2.24, 2.45) is 11.3 Å². The van der Waals surface area contributed by atoms with Crippen molar-refractivity contribution >= 4 is 0 Å². The summed E-state index contributed by atoms with van der Waals surface area (Å²) in [5.41, 5.74) is 5.06. The fraction of sp³-hybridized carbons (Fsp3) is 0.700. The minimum Gasteiger partial charge on any atom is -0.389 e. The third kappa shape index (κ3) is 3.55. The Kier molecular flexibility index (Phi) is 5.34. The van der Waals surface area contributed by atoms with Crippen LogP contribution in [0.15, 0.2) is 34.9 Å². The van der Waals surface area contributed by atoms with E-state index in [1.807, 2.05) is 13.0 Å². The Labute approximate surface area is 135 Å². The van der Waals surface area contributed by atoms with Gasteiger partial charge in [0.05, 0.1) is 12.2 Å². The van der Waals surface area contributed by atoms with E-state index in [0.29, 0.717) is 12.3 Å². The van der Waals surface area contributed by atoms with Gasteiger partial charge in [0.1, 0.15) is 0 Å². The monoisotopic (exact) mass is 304 g/mol. The second kappa shape index (κ2) is 6.72. The van der Waals surface area contributed by atoms with Gasteiger partial charge in [0.25, 0.3) is 0 Å². The van der Waals surface area contributed by atoms with Gasteiger partial charge < -0.3 is 10.2 Å². The molecule has 1 saturated carbocycles. The van der Waals surface area contributed by atoms with Crippen LogP contribution < -0.4 is 0 Å². The van der Waals surface area contributed by atoms with Crippen LogP contribution in [-0.4, -0.2) is 22.4 Å². The van der Waals surface area contributed by atoms with Crippen molar-refractivity contribution in [2.45, 2.75) is 78.4 Å². The van der Waals surface area contributed by atoms with Crippen molar-refractivity contribution in [3.63, 3.8) is 0 Å². The molecule has 2 rings (SSSR count). The van der Waals surface area contributed by atoms with Gasteiger partial charge in [-0.3, -0.25) is 0 Å². The summed E-state index contributed by atoms with van der Waals surface area (Å²) in [6.07, 6.45) is 6.70. The lowest BCUT2D eigenvalue weighted by Gasteiger charge is -2.35. The molecule has 2 N–H and O–H groups in total. The molecule has 2 nitrogen and oxygen atoms in total. The molecular weight excluding hydrogens is 272 g/mol. The number of hydrogen-bond acceptors (Lipinski definition) is 2. The Morgan fingerprint density at radius 2 is 1.91 bits per heavy atom. The van der Waals surface area contributed by atoms with Gasteiger partial charge in [-0.1, -0.05) is 30.7 Å². The first kappa shape index (κ1) is 17.5. The Morgan fingerprint density at radius 1 is 1.23 bits per heavy atom. The highest BCUT2D eigenvalue weighted by atomic mass is 16.3. The van der Waals surface area contributed by atoms with Crippen LogP contribution in [0.25, 0.3) is 0 Å². The predicted octanol–water partition coefficient (Wildman–Crippen LogP) is 4.54. The molecule has 124 valence electrons. The molecule has 0 saturated heterocycles. The van der Waals surface area contributed by atoms with Crippen LogP contribution in [0.5, 0.6) is 0 Å². The quantitative estimate of drug-likeness (QED) is 0.645. The Balaban J connectivity index is 2.36. The molecule has 0 spiro atoms. The fourth-order valence-electron chi connectivity index (χ4n) is 4.25. The van der Waals surface area contributed by atoms with E-state index in [4.69, 9.17) is 0 Å². The third-order valence-corrected chi connectivity index (χ3v) is 5.94. The molecule has 4 atom stereocenters. The smallest absolute Gasteiger partial charge is 0.0782 e. The largest absolute Gasteiger partial charge is 0.389 e. The van der Waals surface area contributed by atoms with Gasteiger partial charge in [0, 0.05) is 0 Å². The fourth-order valence-corrected chi connectivity index (χ4v) is 4.25. The summed E-state index contributed by atoms with van der Waals surface area (Å²) in [6.45, 7) is 12.8. The van der Waals surface area contributed by atoms with E-state index in [9.17, 15) is 10.2 Å². The van der Waals surface area contributed by atoms with Crippen molar-refractivity contribution in [1.29, 1.82) is 0 Å². The van der Waals surface area contributed by atoms with E-state index < -0.39 is 12.2 Å². The molecule has 1 fully saturated rings. The molecule has 4 unspecified atom stereocenters. The summed E-state index contributed by atoms with van der Waals surface area (Å²) in [5.74, 6) is 0.502. The minimum atomic E-state index is -0.483. The second-order valence-corrected chi connectivity index (χ2v) is 7.85. The molecule has 0 heterocycles. The lowest BCUT2D eigenvalue weighted by molar-refractivity contribution is 0.107. The zero-order valence-electron chi connectivity index (χ0n) is 14.7. The molecule has 2 aliphatic carbocycles. The summed E-state index contributed by atoms with van der Waals surface area (Å²) < 4.78 is 0. The van der Waals surface area contributed by atoms with Crippen LogP contribution in [0.1, 0.15) is 66.2 Å². The number of aliphatic hydroxyl groups excluding tert-OH is 2. The van der Waals surface area contributed by atoms with Gasteiger partial charge in [0.15, 0.2) is 0 Å². The van der Waals surface area contributed by atoms with Crippen LogP contribution >= 0.6 is 0 Å². The normalized spacial score (nSPS) is 37.4. The molecule has 0 aromatic heterocycles. The van der Waals surface area contributed by atoms with Crippen molar-refractivity contribution in [3.05, 3.63) is 34.9 Å². The molecule has 0 aromatic rings. The van der Waals surface area contributed by atoms with E-state index in [1.54, 1.807) is 5.57 Å². The molecule has 0 radical (unpaired) electrons. The maximum Gasteiger partial charge on any atom is 0.0782 e. The van der Waals surface area contributed by atoms with Gasteiger partial charge in [-0.2, -0.15) is 0 Å². The molecule has 2 aliphatic rings. The summed E-state index contributed by atoms with van der Waals surface area (Å²) in [4.78, 5) is 0. The van der Waals surface area contributed by atoms with E-state index in [0.717, 1.165) is 43.3 Å². The highest BCUT2D eigenvalue weighted by Crippen LogP contribution is 2.53. The van der Waals surface area contributed by atoms with Crippen molar-refractivity contribution in [2.75, 3.05) is 0 Å². The maximum absolute atomic E-state index is 10.6. The molecule has 0 aromatic carbocycles. The number of allylic oxidation sites excluding steroid dienone is 2. The third-order valence-electron chi connectivity index (χ3n) is 5.94. The summed E-state index contributed by atoms with van der Waals surface area (Å²) in [7, 11) is 0. The highest BCUT2D eigenvalue weighted by molar-refractivity contribution is 5.24. The summed E-state index contributed by atoms with van der Waals surface area (Å²) >= 11 is 0. The van der Waals surface area contributed by atoms with Gasteiger partial charge >= 0.3 is 0 Å². The van der Waals surface area contributed by atoms with Crippen LogP contribution in [-0.2, 0) is 0 Å². The maximum atomic E-state index is 10.6. The molecule has 22 heavy (non-hydrogen) atoms. The average molecular weight is 304 g/mol. The molecule has 0 amide bonds. The van der Waals surface area contributed by atoms with Crippen LogP contribution in [0.2, 0.25) is 0 Å². The minimum absolute atomic E-state index is 0.149. The van der Waals surface area contributed by atoms with E-state index in [1.165, 1.54) is 5.57 Å². The van der Waals surface area contributed by atoms with Crippen molar-refractivity contribution in [3.8, 4) is 0 Å². The first-order valence-corrected chi connectivity index (χ1v) is 8.61. The summed E-state index contributed by atoms with van der Waals surface area (Å²) in [6, 6.07) is 0. The van der Waals surface area contributed by atoms with Crippen molar-refractivity contribution in [1.82, 2.24) is 0 Å². The zero-order chi connectivity index (χ0) is 16.5. The Bertz CT molecular complexity index is 496. The van der Waals surface area contributed by atoms with Gasteiger partial charge in [-0.05, 0) is 81.8 Å². The molecule has 2 heteroatoms. The number of fused-ring (bicyclic) bond motifs is 1. The standard InChI is InChI=1S/C20H32O2/c1-13(2)16-10-11-20(5)12-19(22)15(4)7-9-18(21)14(3)6-8-17(16)20/h7,17-19,21-22H,3,6,8-12H2,1-2,4-5H3. The second-order valence-electron chi connectivity index (χ2n) is 7.85. The highest BCUT2D eigenvalue weighted by Gasteiger charge is 2.43. The topological polar surface area (TPSA) is 40.5 Å². The van der Waals surface area contributed by atoms with Crippen LogP contribution in [0.3, 0.4) is 0 Å². The molecule has 0 aliphatic heterocycles. The van der Waals surface area contributed by atoms with Crippen LogP contribution in [0, 0.1) is 11.3 Å². The predicted molar refractivity (Wildman–Crippen MR) is 92.6 cm³/mol. The number of aliphatic hydroxyl groups is 2. The van der Waals surface area contributed by atoms with E-state index in [-0.39, 0.29) is 5.41 Å². The summed E-state index contributed by atoms with van der Waals surface area (Å²) in [5, 5.41) is 20.8. The first-order valence-electron chi connectivity index (χ1n) is 8.61. The Hall–Kier alpha value is -0.860. The number of hydrogen-bond donors (Lipinski definition) is 2. The van der Waals surface area contributed by atoms with Gasteiger partial charge in [-0.15, -0.1) is 0 Å². The van der Waals surface area contributed by atoms with E-state index >= 15 is 0 Å². The van der Waals surface area contributed by atoms with Gasteiger partial charge in [0.2, 0.25) is 0 Å². The van der Waals surface area contributed by atoms with Gasteiger partial charge in [-0.25, -0.2) is 0 Å². The molecule has 0 bridgehead atoms. The SMILES string of the molecule is C=C1CCC2C(=C(C)C)CCC2(C)CC(O)C(C)=CCC1O.